The smallest absolute Gasteiger partial charge is 0.146 e. The van der Waals surface area contributed by atoms with Crippen LogP contribution < -0.4 is 10.6 Å². The van der Waals surface area contributed by atoms with E-state index in [0.717, 1.165) is 19.5 Å². The van der Waals surface area contributed by atoms with Crippen molar-refractivity contribution < 1.29 is 4.39 Å². The summed E-state index contributed by atoms with van der Waals surface area (Å²) in [6.45, 7) is 4.28. The molecule has 14 heavy (non-hydrogen) atoms. The molecule has 0 fully saturated rings. The van der Waals surface area contributed by atoms with Gasteiger partial charge in [0.15, 0.2) is 0 Å². The third-order valence-electron chi connectivity index (χ3n) is 2.21. The largest absolute Gasteiger partial charge is 0.369 e. The highest BCUT2D eigenvalue weighted by atomic mass is 19.1. The van der Waals surface area contributed by atoms with Crippen molar-refractivity contribution in [2.24, 2.45) is 5.73 Å². The molecule has 0 aliphatic heterocycles. The standard InChI is InChI=1S/C11H17FN2/c1-2-14(9-5-8-13)11-7-4-3-6-10(11)12/h3-4,6-7H,2,5,8-9,13H2,1H3. The first-order chi connectivity index (χ1) is 6.79. The highest BCUT2D eigenvalue weighted by molar-refractivity contribution is 5.47. The van der Waals surface area contributed by atoms with Gasteiger partial charge in [-0.3, -0.25) is 0 Å². The van der Waals surface area contributed by atoms with E-state index in [9.17, 15) is 4.39 Å². The maximum Gasteiger partial charge on any atom is 0.146 e. The van der Waals surface area contributed by atoms with Gasteiger partial charge < -0.3 is 10.6 Å². The van der Waals surface area contributed by atoms with Crippen LogP contribution in [0.2, 0.25) is 0 Å². The Bertz CT molecular complexity index is 276. The number of para-hydroxylation sites is 1. The molecule has 0 saturated carbocycles. The predicted octanol–water partition coefficient (Wildman–Crippen LogP) is 2.00. The van der Waals surface area contributed by atoms with Crippen LogP contribution in [-0.2, 0) is 0 Å². The van der Waals surface area contributed by atoms with Crippen molar-refractivity contribution in [2.75, 3.05) is 24.5 Å². The Hall–Kier alpha value is -1.09. The number of nitrogens with two attached hydrogens (primary N) is 1. The Morgan fingerprint density at radius 2 is 2.07 bits per heavy atom. The summed E-state index contributed by atoms with van der Waals surface area (Å²) in [6.07, 6.45) is 0.891. The molecule has 2 N–H and O–H groups in total. The van der Waals surface area contributed by atoms with Gasteiger partial charge in [-0.2, -0.15) is 0 Å². The topological polar surface area (TPSA) is 29.3 Å². The SMILES string of the molecule is CCN(CCCN)c1ccccc1F. The van der Waals surface area contributed by atoms with Crippen molar-refractivity contribution >= 4 is 5.69 Å². The second kappa shape index (κ2) is 5.60. The van der Waals surface area contributed by atoms with Crippen LogP contribution in [0.25, 0.3) is 0 Å². The lowest BCUT2D eigenvalue weighted by Crippen LogP contribution is -2.26. The third-order valence-corrected chi connectivity index (χ3v) is 2.21. The van der Waals surface area contributed by atoms with Gasteiger partial charge in [-0.25, -0.2) is 4.39 Å². The van der Waals surface area contributed by atoms with Crippen molar-refractivity contribution in [2.45, 2.75) is 13.3 Å². The highest BCUT2D eigenvalue weighted by Crippen LogP contribution is 2.18. The van der Waals surface area contributed by atoms with Crippen molar-refractivity contribution in [3.8, 4) is 0 Å². The fourth-order valence-electron chi connectivity index (χ4n) is 1.44. The van der Waals surface area contributed by atoms with Crippen LogP contribution in [0, 0.1) is 5.82 Å². The summed E-state index contributed by atoms with van der Waals surface area (Å²) < 4.78 is 13.4. The van der Waals surface area contributed by atoms with Crippen LogP contribution in [0.3, 0.4) is 0 Å². The van der Waals surface area contributed by atoms with Gasteiger partial charge in [-0.15, -0.1) is 0 Å². The highest BCUT2D eigenvalue weighted by Gasteiger charge is 2.07. The minimum atomic E-state index is -0.161. The van der Waals surface area contributed by atoms with E-state index in [4.69, 9.17) is 5.73 Å². The summed E-state index contributed by atoms with van der Waals surface area (Å²) in [7, 11) is 0. The van der Waals surface area contributed by atoms with Crippen molar-refractivity contribution in [1.82, 2.24) is 0 Å². The van der Waals surface area contributed by atoms with Gasteiger partial charge in [-0.05, 0) is 32.0 Å². The van der Waals surface area contributed by atoms with Crippen LogP contribution >= 0.6 is 0 Å². The molecule has 78 valence electrons. The predicted molar refractivity (Wildman–Crippen MR) is 58.0 cm³/mol. The Labute approximate surface area is 84.5 Å². The Kier molecular flexibility index (Phi) is 4.40. The summed E-state index contributed by atoms with van der Waals surface area (Å²) in [4.78, 5) is 2.00. The molecule has 0 amide bonds. The number of benzene rings is 1. The first-order valence-corrected chi connectivity index (χ1v) is 4.99. The number of hydrogen-bond donors (Lipinski definition) is 1. The number of anilines is 1. The second-order valence-electron chi connectivity index (χ2n) is 3.17. The van der Waals surface area contributed by atoms with E-state index in [1.807, 2.05) is 17.9 Å². The number of nitrogens with zero attached hydrogens (tertiary/aromatic N) is 1. The van der Waals surface area contributed by atoms with E-state index < -0.39 is 0 Å². The van der Waals surface area contributed by atoms with E-state index in [2.05, 4.69) is 0 Å². The molecule has 1 aromatic rings. The average molecular weight is 196 g/mol. The second-order valence-corrected chi connectivity index (χ2v) is 3.17. The molecule has 3 heteroatoms. The van der Waals surface area contributed by atoms with Crippen molar-refractivity contribution in [1.29, 1.82) is 0 Å². The maximum absolute atomic E-state index is 13.4. The van der Waals surface area contributed by atoms with Crippen molar-refractivity contribution in [3.63, 3.8) is 0 Å². The first kappa shape index (κ1) is 11.0. The average Bonchev–Trinajstić information content (AvgIpc) is 2.21. The van der Waals surface area contributed by atoms with Crippen LogP contribution in [-0.4, -0.2) is 19.6 Å². The molecule has 0 aliphatic rings. The first-order valence-electron chi connectivity index (χ1n) is 4.99. The molecule has 0 bridgehead atoms. The fraction of sp³-hybridized carbons (Fsp3) is 0.455. The zero-order valence-corrected chi connectivity index (χ0v) is 8.54. The van der Waals surface area contributed by atoms with Crippen LogP contribution in [0.4, 0.5) is 10.1 Å². The number of halogens is 1. The lowest BCUT2D eigenvalue weighted by atomic mass is 10.2. The Morgan fingerprint density at radius 3 is 2.64 bits per heavy atom. The Morgan fingerprint density at radius 1 is 1.36 bits per heavy atom. The van der Waals surface area contributed by atoms with Gasteiger partial charge in [0.05, 0.1) is 5.69 Å². The van der Waals surface area contributed by atoms with E-state index in [0.29, 0.717) is 12.2 Å². The van der Waals surface area contributed by atoms with Gasteiger partial charge in [-0.1, -0.05) is 12.1 Å². The van der Waals surface area contributed by atoms with E-state index >= 15 is 0 Å². The lowest BCUT2D eigenvalue weighted by molar-refractivity contribution is 0.615. The van der Waals surface area contributed by atoms with Gasteiger partial charge in [0.25, 0.3) is 0 Å². The Balaban J connectivity index is 2.73. The molecule has 0 heterocycles. The molecule has 0 unspecified atom stereocenters. The van der Waals surface area contributed by atoms with E-state index in [1.54, 1.807) is 12.1 Å². The molecule has 1 rings (SSSR count). The third kappa shape index (κ3) is 2.70. The number of rotatable bonds is 5. The van der Waals surface area contributed by atoms with E-state index in [-0.39, 0.29) is 5.82 Å². The van der Waals surface area contributed by atoms with Gasteiger partial charge in [0, 0.05) is 13.1 Å². The molecule has 0 aromatic heterocycles. The van der Waals surface area contributed by atoms with Gasteiger partial charge in [0.1, 0.15) is 5.82 Å². The molecular weight excluding hydrogens is 179 g/mol. The normalized spacial score (nSPS) is 10.2. The van der Waals surface area contributed by atoms with Gasteiger partial charge in [0.2, 0.25) is 0 Å². The van der Waals surface area contributed by atoms with Crippen molar-refractivity contribution in [3.05, 3.63) is 30.1 Å². The molecule has 1 aromatic carbocycles. The van der Waals surface area contributed by atoms with Crippen LogP contribution in [0.15, 0.2) is 24.3 Å². The zero-order chi connectivity index (χ0) is 10.4. The number of hydrogen-bond acceptors (Lipinski definition) is 2. The minimum Gasteiger partial charge on any atom is -0.369 e. The fourth-order valence-corrected chi connectivity index (χ4v) is 1.44. The summed E-state index contributed by atoms with van der Waals surface area (Å²) in [6, 6.07) is 6.84. The minimum absolute atomic E-state index is 0.161. The van der Waals surface area contributed by atoms with E-state index in [1.165, 1.54) is 6.07 Å². The van der Waals surface area contributed by atoms with Gasteiger partial charge >= 0.3 is 0 Å². The summed E-state index contributed by atoms with van der Waals surface area (Å²) in [5, 5.41) is 0. The quantitative estimate of drug-likeness (QED) is 0.780. The molecule has 2 nitrogen and oxygen atoms in total. The summed E-state index contributed by atoms with van der Waals surface area (Å²) in [5.41, 5.74) is 6.10. The maximum atomic E-state index is 13.4. The molecule has 0 aliphatic carbocycles. The molecular formula is C11H17FN2. The zero-order valence-electron chi connectivity index (χ0n) is 8.54. The lowest BCUT2D eigenvalue weighted by Gasteiger charge is -2.23. The summed E-state index contributed by atoms with van der Waals surface area (Å²) in [5.74, 6) is -0.161. The molecule has 0 radical (unpaired) electrons. The van der Waals surface area contributed by atoms with Crippen LogP contribution in [0.5, 0.6) is 0 Å². The molecule has 0 atom stereocenters. The molecule has 0 spiro atoms. The van der Waals surface area contributed by atoms with Crippen LogP contribution in [0.1, 0.15) is 13.3 Å². The summed E-state index contributed by atoms with van der Waals surface area (Å²) >= 11 is 0. The molecule has 0 saturated heterocycles. The monoisotopic (exact) mass is 196 g/mol.